The highest BCUT2D eigenvalue weighted by Crippen LogP contribution is 2.20. The molecule has 1 heterocycles. The monoisotopic (exact) mass is 393 g/mol. The molecule has 0 unspecified atom stereocenters. The van der Waals surface area contributed by atoms with E-state index in [1.807, 2.05) is 0 Å². The van der Waals surface area contributed by atoms with E-state index in [1.54, 1.807) is 0 Å². The lowest BCUT2D eigenvalue weighted by atomic mass is 10.2. The van der Waals surface area contributed by atoms with Crippen molar-refractivity contribution in [3.8, 4) is 5.75 Å². The Morgan fingerprint density at radius 1 is 1.26 bits per heavy atom. The zero-order valence-corrected chi connectivity index (χ0v) is 14.9. The number of hydrogen-bond donors (Lipinski definition) is 3. The minimum absolute atomic E-state index is 0.0331. The molecule has 27 heavy (non-hydrogen) atoms. The molecule has 0 atom stereocenters. The summed E-state index contributed by atoms with van der Waals surface area (Å²) in [6.07, 6.45) is 1.60. The van der Waals surface area contributed by atoms with Crippen molar-refractivity contribution in [3.63, 3.8) is 0 Å². The lowest BCUT2D eigenvalue weighted by molar-refractivity contribution is -0.123. The number of aromatic amines is 1. The van der Waals surface area contributed by atoms with Gasteiger partial charge in [0.1, 0.15) is 11.6 Å². The van der Waals surface area contributed by atoms with Gasteiger partial charge in [-0.2, -0.15) is 0 Å². The number of nitrogens with one attached hydrogen (secondary N) is 3. The molecular weight excluding hydrogens is 377 g/mol. The maximum Gasteiger partial charge on any atom is 0.257 e. The van der Waals surface area contributed by atoms with Crippen molar-refractivity contribution in [3.05, 3.63) is 75.6 Å². The number of pyridine rings is 1. The maximum atomic E-state index is 13.3. The molecule has 0 aliphatic carbocycles. The Morgan fingerprint density at radius 3 is 2.70 bits per heavy atom. The first kappa shape index (κ1) is 20.2. The molecule has 0 bridgehead atoms. The molecule has 0 radical (unpaired) electrons. The molecule has 0 saturated carbocycles. The van der Waals surface area contributed by atoms with Crippen LogP contribution in [0.2, 0.25) is 5.02 Å². The van der Waals surface area contributed by atoms with Crippen LogP contribution in [0.3, 0.4) is 0 Å². The van der Waals surface area contributed by atoms with Crippen LogP contribution in [0.4, 0.5) is 4.39 Å². The molecular formula is C18H17ClFN3O4. The van der Waals surface area contributed by atoms with Gasteiger partial charge in [-0.25, -0.2) is 4.39 Å². The molecule has 142 valence electrons. The first-order chi connectivity index (χ1) is 12.8. The van der Waals surface area contributed by atoms with Gasteiger partial charge in [0.15, 0.2) is 6.61 Å². The van der Waals surface area contributed by atoms with Gasteiger partial charge in [-0.3, -0.25) is 14.4 Å². The molecule has 0 saturated heterocycles. The number of aromatic nitrogens is 1. The second-order valence-electron chi connectivity index (χ2n) is 5.46. The second kappa shape index (κ2) is 9.54. The normalized spacial score (nSPS) is 10.1. The quantitative estimate of drug-likeness (QED) is 0.638. The molecule has 2 amide bonds. The molecule has 2 aromatic rings. The summed E-state index contributed by atoms with van der Waals surface area (Å²) in [7, 11) is 0. The van der Waals surface area contributed by atoms with Crippen LogP contribution in [0.1, 0.15) is 16.8 Å². The molecule has 0 aliphatic heterocycles. The van der Waals surface area contributed by atoms with Gasteiger partial charge in [0.05, 0.1) is 10.6 Å². The van der Waals surface area contributed by atoms with Crippen molar-refractivity contribution in [1.82, 2.24) is 15.6 Å². The summed E-state index contributed by atoms with van der Waals surface area (Å²) in [5.74, 6) is -1.28. The van der Waals surface area contributed by atoms with Crippen LogP contribution < -0.4 is 20.9 Å². The summed E-state index contributed by atoms with van der Waals surface area (Å²) in [6.45, 7) is 3.64. The third kappa shape index (κ3) is 6.59. The van der Waals surface area contributed by atoms with Gasteiger partial charge in [0, 0.05) is 37.0 Å². The van der Waals surface area contributed by atoms with Crippen LogP contribution in [0.15, 0.2) is 53.6 Å². The summed E-state index contributed by atoms with van der Waals surface area (Å²) >= 11 is 5.56. The molecule has 0 aliphatic rings. The van der Waals surface area contributed by atoms with Crippen LogP contribution in [0.5, 0.6) is 5.75 Å². The van der Waals surface area contributed by atoms with Gasteiger partial charge in [0.2, 0.25) is 5.56 Å². The Labute approximate surface area is 159 Å². The third-order valence-corrected chi connectivity index (χ3v) is 3.65. The van der Waals surface area contributed by atoms with Crippen molar-refractivity contribution in [1.29, 1.82) is 0 Å². The van der Waals surface area contributed by atoms with E-state index in [0.29, 0.717) is 12.1 Å². The number of rotatable bonds is 8. The molecule has 0 spiro atoms. The van der Waals surface area contributed by atoms with Crippen LogP contribution in [0, 0.1) is 5.82 Å². The molecule has 3 N–H and O–H groups in total. The van der Waals surface area contributed by atoms with Gasteiger partial charge in [-0.15, -0.1) is 0 Å². The van der Waals surface area contributed by atoms with Gasteiger partial charge in [0.25, 0.3) is 11.8 Å². The van der Waals surface area contributed by atoms with E-state index < -0.39 is 17.6 Å². The van der Waals surface area contributed by atoms with Gasteiger partial charge >= 0.3 is 0 Å². The number of halogens is 2. The molecule has 2 rings (SSSR count). The first-order valence-corrected chi connectivity index (χ1v) is 8.25. The number of ether oxygens (including phenoxy) is 1. The minimum atomic E-state index is -0.635. The van der Waals surface area contributed by atoms with Crippen molar-refractivity contribution < 1.29 is 18.7 Å². The number of carbonyl (C=O) groups excluding carboxylic acids is 2. The predicted molar refractivity (Wildman–Crippen MR) is 98.2 cm³/mol. The summed E-state index contributed by atoms with van der Waals surface area (Å²) < 4.78 is 18.4. The Bertz CT molecular complexity index is 893. The van der Waals surface area contributed by atoms with Gasteiger partial charge in [-0.1, -0.05) is 18.2 Å². The molecule has 1 aromatic heterocycles. The fourth-order valence-corrected chi connectivity index (χ4v) is 2.08. The highest BCUT2D eigenvalue weighted by molar-refractivity contribution is 6.30. The summed E-state index contributed by atoms with van der Waals surface area (Å²) in [5.41, 5.74) is 0.368. The van der Waals surface area contributed by atoms with Crippen LogP contribution >= 0.6 is 11.6 Å². The van der Waals surface area contributed by atoms with E-state index in [4.69, 9.17) is 16.3 Å². The number of hydrogen-bond acceptors (Lipinski definition) is 4. The highest BCUT2D eigenvalue weighted by atomic mass is 35.5. The zero-order valence-electron chi connectivity index (χ0n) is 14.2. The van der Waals surface area contributed by atoms with Crippen molar-refractivity contribution in [2.75, 3.05) is 13.2 Å². The lowest BCUT2D eigenvalue weighted by Gasteiger charge is -2.10. The highest BCUT2D eigenvalue weighted by Gasteiger charge is 2.08. The van der Waals surface area contributed by atoms with Crippen molar-refractivity contribution in [2.45, 2.75) is 6.42 Å². The first-order valence-electron chi connectivity index (χ1n) is 7.87. The lowest BCUT2D eigenvalue weighted by Crippen LogP contribution is -2.31. The third-order valence-electron chi connectivity index (χ3n) is 3.35. The topological polar surface area (TPSA) is 100 Å². The Balaban J connectivity index is 1.68. The smallest absolute Gasteiger partial charge is 0.257 e. The van der Waals surface area contributed by atoms with Crippen LogP contribution in [-0.4, -0.2) is 29.9 Å². The average molecular weight is 394 g/mol. The summed E-state index contributed by atoms with van der Waals surface area (Å²) in [4.78, 5) is 37.0. The van der Waals surface area contributed by atoms with E-state index >= 15 is 0 Å². The summed E-state index contributed by atoms with van der Waals surface area (Å²) in [6, 6.07) is 6.50. The number of amides is 2. The standard InChI is InChI=1S/C18H17ClFN3O4/c1-11(23-18(26)12-2-5-16(24)22-9-12)6-7-21-17(25)10-27-13-3-4-14(19)15(20)8-13/h2-5,8-9H,1,6-7,10H2,(H,21,25)(H,22,24)(H,23,26). The molecule has 0 fully saturated rings. The van der Waals surface area contributed by atoms with Crippen molar-refractivity contribution in [2.24, 2.45) is 0 Å². The van der Waals surface area contributed by atoms with Crippen LogP contribution in [0.25, 0.3) is 0 Å². The number of benzene rings is 1. The van der Waals surface area contributed by atoms with E-state index in [0.717, 1.165) is 6.07 Å². The summed E-state index contributed by atoms with van der Waals surface area (Å²) in [5, 5.41) is 5.12. The van der Waals surface area contributed by atoms with E-state index in [1.165, 1.54) is 30.5 Å². The van der Waals surface area contributed by atoms with E-state index in [2.05, 4.69) is 22.2 Å². The Morgan fingerprint density at radius 2 is 2.04 bits per heavy atom. The molecule has 7 nitrogen and oxygen atoms in total. The van der Waals surface area contributed by atoms with Gasteiger partial charge in [-0.05, 0) is 18.2 Å². The fraction of sp³-hybridized carbons (Fsp3) is 0.167. The Hall–Kier alpha value is -3.13. The molecule has 9 heteroatoms. The number of H-pyrrole nitrogens is 1. The van der Waals surface area contributed by atoms with E-state index in [-0.39, 0.29) is 35.0 Å². The SMILES string of the molecule is C=C(CCNC(=O)COc1ccc(Cl)c(F)c1)NC(=O)c1ccc(=O)[nH]c1. The van der Waals surface area contributed by atoms with Crippen LogP contribution in [-0.2, 0) is 4.79 Å². The molecule has 1 aromatic carbocycles. The number of carbonyl (C=O) groups is 2. The average Bonchev–Trinajstić information content (AvgIpc) is 2.63. The van der Waals surface area contributed by atoms with Crippen molar-refractivity contribution >= 4 is 23.4 Å². The second-order valence-corrected chi connectivity index (χ2v) is 5.87. The predicted octanol–water partition coefficient (Wildman–Crippen LogP) is 2.00. The minimum Gasteiger partial charge on any atom is -0.484 e. The van der Waals surface area contributed by atoms with E-state index in [9.17, 15) is 18.8 Å². The van der Waals surface area contributed by atoms with Gasteiger partial charge < -0.3 is 20.4 Å². The maximum absolute atomic E-state index is 13.3. The largest absolute Gasteiger partial charge is 0.484 e. The Kier molecular flexibility index (Phi) is 7.13. The fourth-order valence-electron chi connectivity index (χ4n) is 1.97. The zero-order chi connectivity index (χ0) is 19.8.